The molecule has 1 aromatic heterocycles. The Hall–Kier alpha value is -1.82. The zero-order valence-electron chi connectivity index (χ0n) is 15.9. The fourth-order valence-electron chi connectivity index (χ4n) is 3.87. The van der Waals surface area contributed by atoms with Gasteiger partial charge in [0.2, 0.25) is 5.91 Å². The standard InChI is InChI=1S/C21H28N4OS/c1-15-7-5-6-10-18(15)22-19(26)14-27-21-24-23-20(17-11-12-17)25(21)13-16-8-3-2-4-9-16/h2-4,8-9,15,17-18H,5-7,10-14H2,1H3,(H,22,26)/t15-,18+/m0/s1. The first-order chi connectivity index (χ1) is 13.2. The molecule has 1 heterocycles. The Labute approximate surface area is 165 Å². The first-order valence-electron chi connectivity index (χ1n) is 10.1. The van der Waals surface area contributed by atoms with Crippen LogP contribution >= 0.6 is 11.8 Å². The Morgan fingerprint density at radius 1 is 1.15 bits per heavy atom. The monoisotopic (exact) mass is 384 g/mol. The van der Waals surface area contributed by atoms with Gasteiger partial charge in [-0.2, -0.15) is 0 Å². The fraction of sp³-hybridized carbons (Fsp3) is 0.571. The molecule has 1 N–H and O–H groups in total. The smallest absolute Gasteiger partial charge is 0.230 e. The minimum Gasteiger partial charge on any atom is -0.352 e. The topological polar surface area (TPSA) is 59.8 Å². The predicted molar refractivity (Wildman–Crippen MR) is 108 cm³/mol. The number of rotatable bonds is 7. The van der Waals surface area contributed by atoms with Gasteiger partial charge < -0.3 is 9.88 Å². The lowest BCUT2D eigenvalue weighted by Crippen LogP contribution is -2.41. The fourth-order valence-corrected chi connectivity index (χ4v) is 4.63. The number of benzene rings is 1. The predicted octanol–water partition coefficient (Wildman–Crippen LogP) is 3.99. The summed E-state index contributed by atoms with van der Waals surface area (Å²) in [5, 5.41) is 12.9. The van der Waals surface area contributed by atoms with Crippen molar-refractivity contribution in [2.75, 3.05) is 5.75 Å². The average molecular weight is 385 g/mol. The normalized spacial score (nSPS) is 22.6. The van der Waals surface area contributed by atoms with Crippen molar-refractivity contribution >= 4 is 17.7 Å². The molecule has 0 radical (unpaired) electrons. The summed E-state index contributed by atoms with van der Waals surface area (Å²) in [4.78, 5) is 12.5. The first-order valence-corrected chi connectivity index (χ1v) is 11.1. The Morgan fingerprint density at radius 2 is 1.93 bits per heavy atom. The summed E-state index contributed by atoms with van der Waals surface area (Å²) in [6, 6.07) is 10.7. The maximum absolute atomic E-state index is 12.5. The Balaban J connectivity index is 1.40. The molecule has 4 rings (SSSR count). The molecule has 2 saturated carbocycles. The molecule has 0 spiro atoms. The summed E-state index contributed by atoms with van der Waals surface area (Å²) in [6.45, 7) is 3.01. The van der Waals surface area contributed by atoms with Gasteiger partial charge >= 0.3 is 0 Å². The molecule has 6 heteroatoms. The second kappa shape index (κ2) is 8.46. The summed E-state index contributed by atoms with van der Waals surface area (Å²) < 4.78 is 2.20. The Bertz CT molecular complexity index is 772. The number of nitrogens with one attached hydrogen (secondary N) is 1. The van der Waals surface area contributed by atoms with Crippen molar-refractivity contribution in [2.45, 2.75) is 69.1 Å². The first kappa shape index (κ1) is 18.5. The molecule has 0 aliphatic heterocycles. The van der Waals surface area contributed by atoms with E-state index in [9.17, 15) is 4.79 Å². The van der Waals surface area contributed by atoms with Crippen molar-refractivity contribution in [3.63, 3.8) is 0 Å². The zero-order chi connectivity index (χ0) is 18.6. The molecule has 0 bridgehead atoms. The van der Waals surface area contributed by atoms with Crippen LogP contribution in [0.4, 0.5) is 0 Å². The lowest BCUT2D eigenvalue weighted by atomic mass is 9.86. The second-order valence-corrected chi connectivity index (χ2v) is 8.85. The number of aromatic nitrogens is 3. The quantitative estimate of drug-likeness (QED) is 0.733. The highest BCUT2D eigenvalue weighted by molar-refractivity contribution is 7.99. The van der Waals surface area contributed by atoms with Crippen LogP contribution in [0, 0.1) is 5.92 Å². The van der Waals surface area contributed by atoms with E-state index in [1.165, 1.54) is 49.4 Å². The van der Waals surface area contributed by atoms with E-state index in [-0.39, 0.29) is 5.91 Å². The molecular formula is C21H28N4OS. The van der Waals surface area contributed by atoms with Crippen LogP contribution in [0.3, 0.4) is 0 Å². The van der Waals surface area contributed by atoms with Crippen LogP contribution in [0.2, 0.25) is 0 Å². The highest BCUT2D eigenvalue weighted by Gasteiger charge is 2.30. The largest absolute Gasteiger partial charge is 0.352 e. The van der Waals surface area contributed by atoms with Gasteiger partial charge in [-0.1, -0.05) is 61.9 Å². The van der Waals surface area contributed by atoms with E-state index in [2.05, 4.69) is 51.3 Å². The molecule has 5 nitrogen and oxygen atoms in total. The van der Waals surface area contributed by atoms with E-state index >= 15 is 0 Å². The van der Waals surface area contributed by atoms with Crippen LogP contribution in [0.15, 0.2) is 35.5 Å². The minimum atomic E-state index is 0.112. The third-order valence-corrected chi connectivity index (χ3v) is 6.63. The molecule has 1 aromatic carbocycles. The van der Waals surface area contributed by atoms with Crippen molar-refractivity contribution < 1.29 is 4.79 Å². The maximum atomic E-state index is 12.5. The molecule has 0 unspecified atom stereocenters. The van der Waals surface area contributed by atoms with Gasteiger partial charge in [0.25, 0.3) is 0 Å². The summed E-state index contributed by atoms with van der Waals surface area (Å²) >= 11 is 1.51. The van der Waals surface area contributed by atoms with Crippen LogP contribution in [0.5, 0.6) is 0 Å². The van der Waals surface area contributed by atoms with Gasteiger partial charge in [-0.25, -0.2) is 0 Å². The van der Waals surface area contributed by atoms with Crippen molar-refractivity contribution in [2.24, 2.45) is 5.92 Å². The van der Waals surface area contributed by atoms with E-state index in [1.807, 2.05) is 6.07 Å². The average Bonchev–Trinajstić information content (AvgIpc) is 3.45. The lowest BCUT2D eigenvalue weighted by molar-refractivity contribution is -0.119. The zero-order valence-corrected chi connectivity index (χ0v) is 16.8. The summed E-state index contributed by atoms with van der Waals surface area (Å²) in [5.41, 5.74) is 1.24. The van der Waals surface area contributed by atoms with Gasteiger partial charge in [0.15, 0.2) is 5.16 Å². The molecule has 2 aromatic rings. The van der Waals surface area contributed by atoms with Gasteiger partial charge in [0.05, 0.1) is 12.3 Å². The Morgan fingerprint density at radius 3 is 2.67 bits per heavy atom. The van der Waals surface area contributed by atoms with E-state index < -0.39 is 0 Å². The van der Waals surface area contributed by atoms with Crippen LogP contribution in [0.1, 0.15) is 62.8 Å². The molecule has 2 aliphatic carbocycles. The van der Waals surface area contributed by atoms with Crippen LogP contribution in [0.25, 0.3) is 0 Å². The molecule has 1 amide bonds. The van der Waals surface area contributed by atoms with Crippen molar-refractivity contribution in [1.29, 1.82) is 0 Å². The number of nitrogens with zero attached hydrogens (tertiary/aromatic N) is 3. The number of thioether (sulfide) groups is 1. The molecule has 0 saturated heterocycles. The number of carbonyl (C=O) groups is 1. The Kier molecular flexibility index (Phi) is 5.81. The van der Waals surface area contributed by atoms with Crippen LogP contribution < -0.4 is 5.32 Å². The van der Waals surface area contributed by atoms with Crippen molar-refractivity contribution in [3.8, 4) is 0 Å². The minimum absolute atomic E-state index is 0.112. The number of hydrogen-bond acceptors (Lipinski definition) is 4. The molecule has 2 aliphatic rings. The third kappa shape index (κ3) is 4.72. The molecule has 2 fully saturated rings. The molecular weight excluding hydrogens is 356 g/mol. The third-order valence-electron chi connectivity index (χ3n) is 5.66. The highest BCUT2D eigenvalue weighted by Crippen LogP contribution is 2.40. The van der Waals surface area contributed by atoms with Crippen molar-refractivity contribution in [3.05, 3.63) is 41.7 Å². The second-order valence-electron chi connectivity index (χ2n) is 7.91. The summed E-state index contributed by atoms with van der Waals surface area (Å²) in [6.07, 6.45) is 7.21. The number of hydrogen-bond donors (Lipinski definition) is 1. The molecule has 27 heavy (non-hydrogen) atoms. The van der Waals surface area contributed by atoms with Crippen molar-refractivity contribution in [1.82, 2.24) is 20.1 Å². The van der Waals surface area contributed by atoms with E-state index in [1.54, 1.807) is 0 Å². The van der Waals surface area contributed by atoms with E-state index in [4.69, 9.17) is 0 Å². The van der Waals surface area contributed by atoms with Gasteiger partial charge in [-0.15, -0.1) is 10.2 Å². The SMILES string of the molecule is C[C@H]1CCCC[C@H]1NC(=O)CSc1nnc(C2CC2)n1Cc1ccccc1. The number of carbonyl (C=O) groups excluding carboxylic acids is 1. The highest BCUT2D eigenvalue weighted by atomic mass is 32.2. The lowest BCUT2D eigenvalue weighted by Gasteiger charge is -2.29. The maximum Gasteiger partial charge on any atom is 0.230 e. The molecule has 144 valence electrons. The van der Waals surface area contributed by atoms with E-state index in [0.29, 0.717) is 23.6 Å². The van der Waals surface area contributed by atoms with Gasteiger partial charge in [-0.3, -0.25) is 4.79 Å². The summed E-state index contributed by atoms with van der Waals surface area (Å²) in [7, 11) is 0. The van der Waals surface area contributed by atoms with Gasteiger partial charge in [0, 0.05) is 12.0 Å². The van der Waals surface area contributed by atoms with Crippen LogP contribution in [-0.2, 0) is 11.3 Å². The summed E-state index contributed by atoms with van der Waals surface area (Å²) in [5.74, 6) is 2.70. The van der Waals surface area contributed by atoms with Gasteiger partial charge in [-0.05, 0) is 37.2 Å². The van der Waals surface area contributed by atoms with Crippen LogP contribution in [-0.4, -0.2) is 32.5 Å². The number of amides is 1. The van der Waals surface area contributed by atoms with Gasteiger partial charge in [0.1, 0.15) is 5.82 Å². The van der Waals surface area contributed by atoms with E-state index in [0.717, 1.165) is 23.9 Å². The molecule has 2 atom stereocenters.